The number of fused-ring (bicyclic) bond motifs is 1. The van der Waals surface area contributed by atoms with Crippen LogP contribution in [-0.4, -0.2) is 50.6 Å². The van der Waals surface area contributed by atoms with Crippen molar-refractivity contribution in [1.82, 2.24) is 4.31 Å². The van der Waals surface area contributed by atoms with Gasteiger partial charge in [0.25, 0.3) is 0 Å². The van der Waals surface area contributed by atoms with E-state index in [-0.39, 0.29) is 24.0 Å². The molecule has 0 saturated heterocycles. The summed E-state index contributed by atoms with van der Waals surface area (Å²) in [5, 5.41) is 11.5. The third-order valence-electron chi connectivity index (χ3n) is 6.46. The zero-order valence-corrected chi connectivity index (χ0v) is 21.3. The standard InChI is InChI=1S/C26H29NO6S2/c1-32-20-7-9-21(10-8-20)35(30,31)27-14-12-24-22(13-15-34-24)23(25(27)26(29)33-2)11-6-18-4-3-5-19(16-18)17-28/h3-5,7-10,13,15-16,23,25,28H,6,11-12,14,17H2,1-2H3/t23-,25-/m1/s1. The number of hydrogen-bond acceptors (Lipinski definition) is 7. The molecule has 0 amide bonds. The molecule has 0 aliphatic carbocycles. The fourth-order valence-corrected chi connectivity index (χ4v) is 7.24. The van der Waals surface area contributed by atoms with Gasteiger partial charge in [0.1, 0.15) is 11.8 Å². The number of esters is 1. The van der Waals surface area contributed by atoms with E-state index in [1.165, 1.54) is 30.7 Å². The highest BCUT2D eigenvalue weighted by Gasteiger charge is 2.44. The molecular weight excluding hydrogens is 486 g/mol. The van der Waals surface area contributed by atoms with Gasteiger partial charge in [-0.3, -0.25) is 4.79 Å². The molecule has 0 unspecified atom stereocenters. The number of nitrogens with zero attached hydrogens (tertiary/aromatic N) is 1. The van der Waals surface area contributed by atoms with Crippen LogP contribution in [-0.2, 0) is 39.0 Å². The summed E-state index contributed by atoms with van der Waals surface area (Å²) in [6, 6.07) is 14.8. The first-order valence-corrected chi connectivity index (χ1v) is 13.7. The largest absolute Gasteiger partial charge is 0.497 e. The van der Waals surface area contributed by atoms with Gasteiger partial charge in [0, 0.05) is 17.3 Å². The van der Waals surface area contributed by atoms with Gasteiger partial charge in [0.05, 0.1) is 25.7 Å². The highest BCUT2D eigenvalue weighted by Crippen LogP contribution is 2.39. The zero-order chi connectivity index (χ0) is 25.0. The van der Waals surface area contributed by atoms with Crippen LogP contribution in [0.15, 0.2) is 64.9 Å². The van der Waals surface area contributed by atoms with Crippen LogP contribution < -0.4 is 4.74 Å². The van der Waals surface area contributed by atoms with E-state index in [0.717, 1.165) is 21.6 Å². The second kappa shape index (κ2) is 10.9. The van der Waals surface area contributed by atoms with Gasteiger partial charge in [-0.05, 0) is 71.7 Å². The average molecular weight is 516 g/mol. The van der Waals surface area contributed by atoms with Crippen LogP contribution in [0.2, 0.25) is 0 Å². The number of carbonyl (C=O) groups is 1. The molecule has 0 fully saturated rings. The summed E-state index contributed by atoms with van der Waals surface area (Å²) in [4.78, 5) is 14.4. The number of methoxy groups -OCH3 is 2. The Labute approximate surface area is 210 Å². The minimum Gasteiger partial charge on any atom is -0.497 e. The monoisotopic (exact) mass is 515 g/mol. The summed E-state index contributed by atoms with van der Waals surface area (Å²) >= 11 is 1.58. The zero-order valence-electron chi connectivity index (χ0n) is 19.7. The Bertz CT molecular complexity index is 1270. The van der Waals surface area contributed by atoms with Crippen LogP contribution in [0.1, 0.15) is 33.9 Å². The number of carbonyl (C=O) groups excluding carboxylic acids is 1. The van der Waals surface area contributed by atoms with Crippen LogP contribution >= 0.6 is 11.3 Å². The van der Waals surface area contributed by atoms with Crippen molar-refractivity contribution in [3.05, 3.63) is 81.5 Å². The molecule has 2 atom stereocenters. The van der Waals surface area contributed by atoms with Crippen LogP contribution in [0.25, 0.3) is 0 Å². The van der Waals surface area contributed by atoms with E-state index in [2.05, 4.69) is 0 Å². The minimum absolute atomic E-state index is 0.0510. The van der Waals surface area contributed by atoms with Gasteiger partial charge in [-0.2, -0.15) is 4.31 Å². The van der Waals surface area contributed by atoms with Crippen molar-refractivity contribution in [1.29, 1.82) is 0 Å². The predicted octanol–water partition coefficient (Wildman–Crippen LogP) is 3.75. The molecule has 1 aliphatic rings. The normalized spacial score (nSPS) is 18.5. The van der Waals surface area contributed by atoms with Crippen LogP contribution in [0, 0.1) is 0 Å². The number of aliphatic hydroxyl groups excluding tert-OH is 1. The second-order valence-electron chi connectivity index (χ2n) is 8.43. The van der Waals surface area contributed by atoms with Gasteiger partial charge in [-0.15, -0.1) is 11.3 Å². The lowest BCUT2D eigenvalue weighted by atomic mass is 9.86. The van der Waals surface area contributed by atoms with Crippen molar-refractivity contribution >= 4 is 27.3 Å². The molecule has 1 N–H and O–H groups in total. The first-order valence-electron chi connectivity index (χ1n) is 11.4. The maximum atomic E-state index is 13.8. The number of hydrogen-bond donors (Lipinski definition) is 1. The molecule has 3 aromatic rings. The molecule has 7 nitrogen and oxygen atoms in total. The lowest BCUT2D eigenvalue weighted by molar-refractivity contribution is -0.146. The maximum absolute atomic E-state index is 13.8. The first kappa shape index (κ1) is 25.4. The van der Waals surface area contributed by atoms with Gasteiger partial charge >= 0.3 is 5.97 Å². The smallest absolute Gasteiger partial charge is 0.324 e. The number of sulfonamides is 1. The lowest BCUT2D eigenvalue weighted by Gasteiger charge is -2.32. The van der Waals surface area contributed by atoms with Crippen molar-refractivity contribution in [3.63, 3.8) is 0 Å². The summed E-state index contributed by atoms with van der Waals surface area (Å²) in [6.45, 7) is 0.128. The fraction of sp³-hybridized carbons (Fsp3) is 0.346. The molecule has 2 aromatic carbocycles. The van der Waals surface area contributed by atoms with E-state index in [1.807, 2.05) is 35.7 Å². The number of aliphatic hydroxyl groups is 1. The number of thiophene rings is 1. The summed E-state index contributed by atoms with van der Waals surface area (Å²) in [6.07, 6.45) is 1.69. The second-order valence-corrected chi connectivity index (χ2v) is 11.3. The Morgan fingerprint density at radius 2 is 1.86 bits per heavy atom. The maximum Gasteiger partial charge on any atom is 0.324 e. The number of aryl methyl sites for hydroxylation is 1. The molecule has 4 rings (SSSR count). The van der Waals surface area contributed by atoms with Crippen molar-refractivity contribution in [3.8, 4) is 5.75 Å². The SMILES string of the molecule is COC(=O)[C@H]1[C@H](CCc2cccc(CO)c2)c2ccsc2CCN1S(=O)(=O)c1ccc(OC)cc1. The topological polar surface area (TPSA) is 93.1 Å². The van der Waals surface area contributed by atoms with Gasteiger partial charge < -0.3 is 14.6 Å². The number of benzene rings is 2. The molecule has 0 spiro atoms. The third kappa shape index (κ3) is 5.28. The van der Waals surface area contributed by atoms with Crippen molar-refractivity contribution in [2.45, 2.75) is 42.7 Å². The Morgan fingerprint density at radius 1 is 1.11 bits per heavy atom. The molecule has 186 valence electrons. The third-order valence-corrected chi connectivity index (χ3v) is 9.35. The summed E-state index contributed by atoms with van der Waals surface area (Å²) in [5.74, 6) is -0.401. The molecule has 0 radical (unpaired) electrons. The molecule has 1 aromatic heterocycles. The summed E-state index contributed by atoms with van der Waals surface area (Å²) in [7, 11) is -1.18. The van der Waals surface area contributed by atoms with E-state index in [4.69, 9.17) is 9.47 Å². The predicted molar refractivity (Wildman–Crippen MR) is 134 cm³/mol. The molecule has 0 saturated carbocycles. The molecular formula is C26H29NO6S2. The highest BCUT2D eigenvalue weighted by atomic mass is 32.2. The Kier molecular flexibility index (Phi) is 7.91. The van der Waals surface area contributed by atoms with Crippen molar-refractivity contribution < 1.29 is 27.8 Å². The Balaban J connectivity index is 1.73. The highest BCUT2D eigenvalue weighted by molar-refractivity contribution is 7.89. The van der Waals surface area contributed by atoms with Gasteiger partial charge in [0.15, 0.2) is 0 Å². The molecule has 0 bridgehead atoms. The van der Waals surface area contributed by atoms with Gasteiger partial charge in [0.2, 0.25) is 10.0 Å². The van der Waals surface area contributed by atoms with E-state index in [0.29, 0.717) is 25.0 Å². The number of ether oxygens (including phenoxy) is 2. The van der Waals surface area contributed by atoms with E-state index in [1.54, 1.807) is 23.5 Å². The van der Waals surface area contributed by atoms with E-state index in [9.17, 15) is 18.3 Å². The number of rotatable bonds is 8. The van der Waals surface area contributed by atoms with Crippen LogP contribution in [0.5, 0.6) is 5.75 Å². The fourth-order valence-electron chi connectivity index (χ4n) is 4.68. The Morgan fingerprint density at radius 3 is 2.54 bits per heavy atom. The molecule has 35 heavy (non-hydrogen) atoms. The molecule has 2 heterocycles. The first-order chi connectivity index (χ1) is 16.9. The summed E-state index contributed by atoms with van der Waals surface area (Å²) < 4.78 is 39.2. The summed E-state index contributed by atoms with van der Waals surface area (Å²) in [5.41, 5.74) is 2.83. The van der Waals surface area contributed by atoms with Gasteiger partial charge in [-0.1, -0.05) is 24.3 Å². The van der Waals surface area contributed by atoms with Crippen molar-refractivity contribution in [2.75, 3.05) is 20.8 Å². The Hall–Kier alpha value is -2.72. The van der Waals surface area contributed by atoms with Crippen LogP contribution in [0.4, 0.5) is 0 Å². The quantitative estimate of drug-likeness (QED) is 0.460. The van der Waals surface area contributed by atoms with Gasteiger partial charge in [-0.25, -0.2) is 8.42 Å². The average Bonchev–Trinajstić information content (AvgIpc) is 3.29. The minimum atomic E-state index is -3.99. The van der Waals surface area contributed by atoms with E-state index >= 15 is 0 Å². The lowest BCUT2D eigenvalue weighted by Crippen LogP contribution is -2.48. The molecule has 9 heteroatoms. The van der Waals surface area contributed by atoms with Crippen molar-refractivity contribution in [2.24, 2.45) is 0 Å². The molecule has 1 aliphatic heterocycles. The van der Waals surface area contributed by atoms with E-state index < -0.39 is 22.0 Å². The van der Waals surface area contributed by atoms with Crippen LogP contribution in [0.3, 0.4) is 0 Å².